The van der Waals surface area contributed by atoms with E-state index in [0.717, 1.165) is 6.20 Å². The average molecular weight is 280 g/mol. The Morgan fingerprint density at radius 1 is 1.22 bits per heavy atom. The molecule has 98 valence electrons. The molecule has 1 heterocycles. The Labute approximate surface area is 107 Å². The largest absolute Gasteiger partial charge is 1.00 e. The van der Waals surface area contributed by atoms with Gasteiger partial charge in [0.05, 0.1) is 0 Å². The first-order chi connectivity index (χ1) is 7.98. The summed E-state index contributed by atoms with van der Waals surface area (Å²) in [6, 6.07) is 5.53. The summed E-state index contributed by atoms with van der Waals surface area (Å²) in [5.74, 6) is -0.171. The van der Waals surface area contributed by atoms with Crippen LogP contribution in [0.2, 0.25) is 0 Å². The van der Waals surface area contributed by atoms with Crippen molar-refractivity contribution in [1.82, 2.24) is 5.27 Å². The molecule has 18 heavy (non-hydrogen) atoms. The van der Waals surface area contributed by atoms with Crippen LogP contribution in [0.25, 0.3) is 0 Å². The molecule has 4 nitrogen and oxygen atoms in total. The first-order valence-corrected chi connectivity index (χ1v) is 4.74. The molecular weight excluding hydrogens is 271 g/mol. The highest BCUT2D eigenvalue weighted by molar-refractivity contribution is 5.19. The number of nitrogen functional groups attached to an aromatic ring is 1. The first kappa shape index (κ1) is 14.3. The summed E-state index contributed by atoms with van der Waals surface area (Å²) in [7, 11) is 0. The van der Waals surface area contributed by atoms with Gasteiger partial charge >= 0.3 is 12.2 Å². The van der Waals surface area contributed by atoms with E-state index in [1.54, 1.807) is 6.07 Å². The number of alkyl halides is 3. The summed E-state index contributed by atoms with van der Waals surface area (Å²) in [5, 5.41) is 3.26. The van der Waals surface area contributed by atoms with Crippen molar-refractivity contribution in [2.45, 2.75) is 12.2 Å². The summed E-state index contributed by atoms with van der Waals surface area (Å²) >= 11 is 0. The molecule has 8 heteroatoms. The van der Waals surface area contributed by atoms with E-state index in [9.17, 15) is 13.2 Å². The van der Waals surface area contributed by atoms with E-state index in [1.165, 1.54) is 24.3 Å². The smallest absolute Gasteiger partial charge is 0.459 e. The van der Waals surface area contributed by atoms with Crippen molar-refractivity contribution in [2.24, 2.45) is 0 Å². The zero-order valence-electron chi connectivity index (χ0n) is 8.93. The molecule has 0 bridgehead atoms. The van der Waals surface area contributed by atoms with Gasteiger partial charge in [-0.25, -0.2) is 0 Å². The lowest BCUT2D eigenvalue weighted by atomic mass is 10.1. The second-order valence-corrected chi connectivity index (χ2v) is 3.44. The predicted molar refractivity (Wildman–Crippen MR) is 51.7 cm³/mol. The number of benzene rings is 1. The molecule has 2 rings (SSSR count). The van der Waals surface area contributed by atoms with Gasteiger partial charge in [0.15, 0.2) is 0 Å². The zero-order chi connectivity index (χ0) is 12.5. The van der Waals surface area contributed by atoms with E-state index < -0.39 is 12.2 Å². The van der Waals surface area contributed by atoms with Crippen molar-refractivity contribution in [3.05, 3.63) is 42.1 Å². The van der Waals surface area contributed by atoms with Crippen molar-refractivity contribution in [3.8, 4) is 0 Å². The molecule has 2 N–H and O–H groups in total. The third-order valence-corrected chi connectivity index (χ3v) is 2.19. The topological polar surface area (TPSA) is 55.9 Å². The molecule has 0 aliphatic carbocycles. The lowest BCUT2D eigenvalue weighted by Gasteiger charge is -2.11. The van der Waals surface area contributed by atoms with Crippen molar-refractivity contribution in [3.63, 3.8) is 0 Å². The lowest BCUT2D eigenvalue weighted by molar-refractivity contribution is -0.796. The van der Waals surface area contributed by atoms with Gasteiger partial charge in [-0.05, 0) is 4.68 Å². The number of hydrogen-bond acceptors (Lipinski definition) is 3. The molecule has 0 amide bonds. The van der Waals surface area contributed by atoms with Gasteiger partial charge < -0.3 is 18.1 Å². The molecule has 1 atom stereocenters. The fraction of sp³-hybridized carbons (Fsp3) is 0.200. The van der Waals surface area contributed by atoms with Crippen LogP contribution in [0.5, 0.6) is 0 Å². The normalized spacial score (nSPS) is 12.8. The molecule has 1 aromatic heterocycles. The number of anilines is 1. The van der Waals surface area contributed by atoms with E-state index in [1.807, 2.05) is 0 Å². The van der Waals surface area contributed by atoms with Gasteiger partial charge in [-0.3, -0.25) is 4.52 Å². The van der Waals surface area contributed by atoms with Crippen LogP contribution in [0, 0.1) is 0 Å². The average Bonchev–Trinajstić information content (AvgIpc) is 2.64. The fourth-order valence-corrected chi connectivity index (χ4v) is 1.52. The van der Waals surface area contributed by atoms with Gasteiger partial charge in [0.1, 0.15) is 0 Å². The second kappa shape index (κ2) is 5.26. The van der Waals surface area contributed by atoms with Crippen molar-refractivity contribution in [2.75, 3.05) is 5.73 Å². The van der Waals surface area contributed by atoms with Crippen molar-refractivity contribution in [1.29, 1.82) is 0 Å². The Morgan fingerprint density at radius 2 is 1.83 bits per heavy atom. The van der Waals surface area contributed by atoms with Crippen molar-refractivity contribution < 1.29 is 34.8 Å². The molecule has 0 spiro atoms. The number of hydrogen-bond donors (Lipinski definition) is 1. The number of aromatic nitrogens is 2. The van der Waals surface area contributed by atoms with E-state index >= 15 is 0 Å². The lowest BCUT2D eigenvalue weighted by Crippen LogP contribution is -3.00. The van der Waals surface area contributed by atoms with E-state index in [0.29, 0.717) is 4.68 Å². The van der Waals surface area contributed by atoms with Crippen LogP contribution in [0.4, 0.5) is 19.1 Å². The molecule has 0 saturated carbocycles. The standard InChI is InChI=1S/C10H9F3N3O.ClH/c11-10(12,13)9(7-4-2-1-3-5-7)16-6-8(14)17-15-16;/h1-6,9H,14H2;1H/q+1;/p-1. The Morgan fingerprint density at radius 3 is 2.28 bits per heavy atom. The maximum absolute atomic E-state index is 13.0. The van der Waals surface area contributed by atoms with Gasteiger partial charge in [-0.1, -0.05) is 30.3 Å². The van der Waals surface area contributed by atoms with Crippen LogP contribution >= 0.6 is 0 Å². The summed E-state index contributed by atoms with van der Waals surface area (Å²) in [6.07, 6.45) is -3.47. The molecular formula is C10H9ClF3N3O. The Balaban J connectivity index is 0.00000162. The molecule has 0 aliphatic heterocycles. The van der Waals surface area contributed by atoms with Gasteiger partial charge in [0, 0.05) is 5.56 Å². The number of rotatable bonds is 2. The third kappa shape index (κ3) is 2.92. The Bertz CT molecular complexity index is 501. The summed E-state index contributed by atoms with van der Waals surface area (Å²) in [6.45, 7) is 0. The second-order valence-electron chi connectivity index (χ2n) is 3.44. The van der Waals surface area contributed by atoms with Crippen LogP contribution in [0.1, 0.15) is 11.6 Å². The van der Waals surface area contributed by atoms with Crippen LogP contribution in [-0.4, -0.2) is 11.4 Å². The van der Waals surface area contributed by atoms with Gasteiger partial charge in [-0.2, -0.15) is 13.2 Å². The quantitative estimate of drug-likeness (QED) is 0.695. The highest BCUT2D eigenvalue weighted by Gasteiger charge is 2.50. The predicted octanol–water partition coefficient (Wildman–Crippen LogP) is -1.30. The molecule has 2 aromatic rings. The first-order valence-electron chi connectivity index (χ1n) is 4.74. The highest BCUT2D eigenvalue weighted by Crippen LogP contribution is 2.31. The highest BCUT2D eigenvalue weighted by atomic mass is 35.5. The number of nitrogens with zero attached hydrogens (tertiary/aromatic N) is 2. The molecule has 1 aromatic carbocycles. The van der Waals surface area contributed by atoms with Crippen LogP contribution in [-0.2, 0) is 0 Å². The maximum atomic E-state index is 13.0. The SMILES string of the molecule is Nc1c[n+](C(c2ccccc2)C(F)(F)F)no1.[Cl-]. The van der Waals surface area contributed by atoms with Crippen LogP contribution in [0.3, 0.4) is 0 Å². The van der Waals surface area contributed by atoms with Crippen LogP contribution < -0.4 is 22.8 Å². The van der Waals surface area contributed by atoms with E-state index in [-0.39, 0.29) is 23.9 Å². The van der Waals surface area contributed by atoms with E-state index in [4.69, 9.17) is 5.73 Å². The minimum Gasteiger partial charge on any atom is -1.00 e. The summed E-state index contributed by atoms with van der Waals surface area (Å²) < 4.78 is 44.0. The molecule has 0 saturated heterocycles. The van der Waals surface area contributed by atoms with E-state index in [2.05, 4.69) is 9.79 Å². The molecule has 0 aliphatic rings. The minimum absolute atomic E-state index is 0. The van der Waals surface area contributed by atoms with Gasteiger partial charge in [-0.15, -0.1) is 0 Å². The Kier molecular flexibility index (Phi) is 4.18. The molecule has 0 radical (unpaired) electrons. The van der Waals surface area contributed by atoms with Crippen molar-refractivity contribution >= 4 is 5.88 Å². The summed E-state index contributed by atoms with van der Waals surface area (Å²) in [5.41, 5.74) is 5.29. The monoisotopic (exact) mass is 279 g/mol. The molecule has 0 fully saturated rings. The number of halogens is 4. The zero-order valence-corrected chi connectivity index (χ0v) is 9.69. The third-order valence-electron chi connectivity index (χ3n) is 2.19. The van der Waals surface area contributed by atoms with Gasteiger partial charge in [0.25, 0.3) is 12.1 Å². The number of nitrogens with two attached hydrogens (primary N) is 1. The van der Waals surface area contributed by atoms with Gasteiger partial charge in [0.2, 0.25) is 5.27 Å². The molecule has 1 unspecified atom stereocenters. The maximum Gasteiger partial charge on any atom is 0.459 e. The minimum atomic E-state index is -4.48. The van der Waals surface area contributed by atoms with Crippen LogP contribution in [0.15, 0.2) is 41.1 Å². The fourth-order valence-electron chi connectivity index (χ4n) is 1.52. The summed E-state index contributed by atoms with van der Waals surface area (Å²) in [4.78, 5) is 0. The Hall–Kier alpha value is -1.76.